The minimum absolute atomic E-state index is 0.00147. The van der Waals surface area contributed by atoms with Crippen LogP contribution < -0.4 is 5.32 Å². The molecule has 3 rings (SSSR count). The Morgan fingerprint density at radius 2 is 1.67 bits per heavy atom. The minimum atomic E-state index is -1.18. The lowest BCUT2D eigenvalue weighted by molar-refractivity contribution is 0.0686. The molecule has 0 bridgehead atoms. The summed E-state index contributed by atoms with van der Waals surface area (Å²) < 4.78 is 0. The molecule has 0 atom stereocenters. The fraction of sp³-hybridized carbons (Fsp3) is 0.111. The zero-order valence-corrected chi connectivity index (χ0v) is 14.5. The SMILES string of the molecule is Cc1nccc(Nc2cc(-c3cnc(C)c(C(=O)O)c3)c(C(=O)O)cn2)n1. The third-order valence-corrected chi connectivity index (χ3v) is 3.79. The maximum absolute atomic E-state index is 11.6. The van der Waals surface area contributed by atoms with Gasteiger partial charge in [-0.25, -0.2) is 24.5 Å². The highest BCUT2D eigenvalue weighted by molar-refractivity contribution is 5.97. The molecule has 0 aliphatic carbocycles. The third kappa shape index (κ3) is 3.87. The van der Waals surface area contributed by atoms with Gasteiger partial charge in [-0.3, -0.25) is 4.98 Å². The summed E-state index contributed by atoms with van der Waals surface area (Å²) in [4.78, 5) is 39.3. The van der Waals surface area contributed by atoms with Gasteiger partial charge in [-0.15, -0.1) is 0 Å². The highest BCUT2D eigenvalue weighted by Gasteiger charge is 2.17. The number of aryl methyl sites for hydroxylation is 2. The van der Waals surface area contributed by atoms with Crippen LogP contribution in [0.1, 0.15) is 32.2 Å². The van der Waals surface area contributed by atoms with E-state index in [1.54, 1.807) is 26.1 Å². The first kappa shape index (κ1) is 17.9. The van der Waals surface area contributed by atoms with Crippen LogP contribution in [0.2, 0.25) is 0 Å². The van der Waals surface area contributed by atoms with Gasteiger partial charge in [0.15, 0.2) is 0 Å². The number of nitrogens with one attached hydrogen (secondary N) is 1. The summed E-state index contributed by atoms with van der Waals surface area (Å²) in [7, 11) is 0. The Morgan fingerprint density at radius 3 is 2.33 bits per heavy atom. The van der Waals surface area contributed by atoms with Crippen LogP contribution in [0.5, 0.6) is 0 Å². The Bertz CT molecular complexity index is 1050. The number of aromatic carboxylic acids is 2. The lowest BCUT2D eigenvalue weighted by Gasteiger charge is -2.11. The number of carboxylic acids is 2. The molecule has 0 radical (unpaired) electrons. The summed E-state index contributed by atoms with van der Waals surface area (Å²) in [5, 5.41) is 21.7. The molecule has 0 aromatic carbocycles. The largest absolute Gasteiger partial charge is 0.478 e. The van der Waals surface area contributed by atoms with Crippen molar-refractivity contribution in [1.82, 2.24) is 19.9 Å². The Morgan fingerprint density at radius 1 is 0.926 bits per heavy atom. The molecule has 27 heavy (non-hydrogen) atoms. The standard InChI is InChI=1S/C18H15N5O4/c1-9-12(17(24)25)5-11(7-20-9)13-6-16(21-8-14(13)18(26)27)23-15-3-4-19-10(2)22-15/h3-8H,1-2H3,(H,24,25)(H,26,27)(H,19,21,22,23). The average Bonchev–Trinajstić information content (AvgIpc) is 2.61. The normalized spacial score (nSPS) is 10.4. The second-order valence-corrected chi connectivity index (χ2v) is 5.70. The van der Waals surface area contributed by atoms with Crippen molar-refractivity contribution in [3.05, 3.63) is 59.4 Å². The fourth-order valence-corrected chi connectivity index (χ4v) is 2.49. The number of pyridine rings is 2. The van der Waals surface area contributed by atoms with Gasteiger partial charge in [0.2, 0.25) is 0 Å². The minimum Gasteiger partial charge on any atom is -0.478 e. The van der Waals surface area contributed by atoms with Crippen LogP contribution in [0.15, 0.2) is 36.8 Å². The average molecular weight is 365 g/mol. The summed E-state index contributed by atoms with van der Waals surface area (Å²) in [6.07, 6.45) is 4.22. The molecule has 9 nitrogen and oxygen atoms in total. The number of aromatic nitrogens is 4. The molecule has 0 fully saturated rings. The monoisotopic (exact) mass is 365 g/mol. The molecule has 0 amide bonds. The number of carboxylic acid groups (broad SMARTS) is 2. The smallest absolute Gasteiger partial charge is 0.337 e. The molecule has 0 aliphatic heterocycles. The van der Waals surface area contributed by atoms with E-state index in [-0.39, 0.29) is 11.1 Å². The van der Waals surface area contributed by atoms with E-state index in [0.717, 1.165) is 0 Å². The van der Waals surface area contributed by atoms with Crippen LogP contribution in [0.25, 0.3) is 11.1 Å². The molecule has 3 aromatic rings. The molecule has 0 saturated carbocycles. The fourth-order valence-electron chi connectivity index (χ4n) is 2.49. The van der Waals surface area contributed by atoms with Crippen molar-refractivity contribution in [2.75, 3.05) is 5.32 Å². The van der Waals surface area contributed by atoms with Crippen LogP contribution in [-0.2, 0) is 0 Å². The summed E-state index contributed by atoms with van der Waals surface area (Å²) >= 11 is 0. The van der Waals surface area contributed by atoms with E-state index < -0.39 is 11.9 Å². The summed E-state index contributed by atoms with van der Waals surface area (Å²) in [6, 6.07) is 4.55. The van der Waals surface area contributed by atoms with Crippen LogP contribution in [0.3, 0.4) is 0 Å². The van der Waals surface area contributed by atoms with Crippen molar-refractivity contribution in [2.45, 2.75) is 13.8 Å². The van der Waals surface area contributed by atoms with Crippen molar-refractivity contribution in [3.63, 3.8) is 0 Å². The molecule has 136 valence electrons. The van der Waals surface area contributed by atoms with Gasteiger partial charge >= 0.3 is 11.9 Å². The Hall–Kier alpha value is -3.88. The summed E-state index contributed by atoms with van der Waals surface area (Å²) in [6.45, 7) is 3.31. The lowest BCUT2D eigenvalue weighted by atomic mass is 10.0. The van der Waals surface area contributed by atoms with Gasteiger partial charge < -0.3 is 15.5 Å². The van der Waals surface area contributed by atoms with Gasteiger partial charge in [-0.2, -0.15) is 0 Å². The molecule has 0 unspecified atom stereocenters. The van der Waals surface area contributed by atoms with Gasteiger partial charge in [-0.1, -0.05) is 0 Å². The Balaban J connectivity index is 2.09. The predicted molar refractivity (Wildman–Crippen MR) is 96.2 cm³/mol. The van der Waals surface area contributed by atoms with Gasteiger partial charge in [0.25, 0.3) is 0 Å². The zero-order chi connectivity index (χ0) is 19.6. The molecule has 3 heterocycles. The number of hydrogen-bond acceptors (Lipinski definition) is 7. The molecule has 0 saturated heterocycles. The van der Waals surface area contributed by atoms with Crippen LogP contribution in [-0.4, -0.2) is 42.1 Å². The number of nitrogens with zero attached hydrogens (tertiary/aromatic N) is 4. The second kappa shape index (κ2) is 7.16. The first-order valence-corrected chi connectivity index (χ1v) is 7.85. The molecular weight excluding hydrogens is 350 g/mol. The van der Waals surface area contributed by atoms with Gasteiger partial charge in [0.1, 0.15) is 17.5 Å². The van der Waals surface area contributed by atoms with Crippen molar-refractivity contribution in [2.24, 2.45) is 0 Å². The van der Waals surface area contributed by atoms with E-state index in [9.17, 15) is 19.8 Å². The van der Waals surface area contributed by atoms with E-state index in [1.165, 1.54) is 24.5 Å². The third-order valence-electron chi connectivity index (χ3n) is 3.79. The van der Waals surface area contributed by atoms with E-state index in [4.69, 9.17) is 0 Å². The first-order valence-electron chi connectivity index (χ1n) is 7.85. The predicted octanol–water partition coefficient (Wildman–Crippen LogP) is 2.69. The van der Waals surface area contributed by atoms with E-state index in [0.29, 0.717) is 34.3 Å². The van der Waals surface area contributed by atoms with Gasteiger partial charge in [-0.05, 0) is 32.0 Å². The maximum atomic E-state index is 11.6. The summed E-state index contributed by atoms with van der Waals surface area (Å²) in [5.41, 5.74) is 0.926. The highest BCUT2D eigenvalue weighted by Crippen LogP contribution is 2.28. The van der Waals surface area contributed by atoms with E-state index >= 15 is 0 Å². The molecule has 3 N–H and O–H groups in total. The van der Waals surface area contributed by atoms with E-state index in [1.807, 2.05) is 0 Å². The molecule has 0 aliphatic rings. The van der Waals surface area contributed by atoms with Crippen molar-refractivity contribution < 1.29 is 19.8 Å². The van der Waals surface area contributed by atoms with Crippen molar-refractivity contribution in [3.8, 4) is 11.1 Å². The number of anilines is 2. The molecule has 0 spiro atoms. The van der Waals surface area contributed by atoms with E-state index in [2.05, 4.69) is 25.3 Å². The van der Waals surface area contributed by atoms with Crippen LogP contribution in [0.4, 0.5) is 11.6 Å². The summed E-state index contributed by atoms with van der Waals surface area (Å²) in [5.74, 6) is -0.902. The number of hydrogen-bond donors (Lipinski definition) is 3. The Kier molecular flexibility index (Phi) is 4.75. The maximum Gasteiger partial charge on any atom is 0.337 e. The quantitative estimate of drug-likeness (QED) is 0.622. The topological polar surface area (TPSA) is 138 Å². The van der Waals surface area contributed by atoms with Gasteiger partial charge in [0.05, 0.1) is 16.8 Å². The number of rotatable bonds is 5. The van der Waals surface area contributed by atoms with Crippen LogP contribution in [0, 0.1) is 13.8 Å². The highest BCUT2D eigenvalue weighted by atomic mass is 16.4. The molecule has 3 aromatic heterocycles. The van der Waals surface area contributed by atoms with Crippen LogP contribution >= 0.6 is 0 Å². The first-order chi connectivity index (χ1) is 12.8. The van der Waals surface area contributed by atoms with Gasteiger partial charge in [0, 0.05) is 29.7 Å². The number of carbonyl (C=O) groups is 2. The molecule has 9 heteroatoms. The second-order valence-electron chi connectivity index (χ2n) is 5.70. The van der Waals surface area contributed by atoms with Crippen molar-refractivity contribution >= 4 is 23.6 Å². The molecular formula is C18H15N5O4. The zero-order valence-electron chi connectivity index (χ0n) is 14.5. The lowest BCUT2D eigenvalue weighted by Crippen LogP contribution is -2.06. The Labute approximate surface area is 153 Å². The van der Waals surface area contributed by atoms with Crippen molar-refractivity contribution in [1.29, 1.82) is 0 Å².